The van der Waals surface area contributed by atoms with Crippen LogP contribution in [0, 0.1) is 34.5 Å². The summed E-state index contributed by atoms with van der Waals surface area (Å²) in [6.45, 7) is 9.94. The molecule has 0 aromatic heterocycles. The number of alkyl halides is 1. The highest BCUT2D eigenvalue weighted by molar-refractivity contribution is 6.29. The number of Topliss-reactive ketones (excluding diaryl/α,β-unsaturated/α-hetero) is 2. The number of hydrogen-bond donors (Lipinski definition) is 0. The van der Waals surface area contributed by atoms with Crippen molar-refractivity contribution in [3.63, 3.8) is 0 Å². The van der Waals surface area contributed by atoms with Gasteiger partial charge in [0, 0.05) is 42.4 Å². The highest BCUT2D eigenvalue weighted by Crippen LogP contribution is 2.71. The molecule has 4 rings (SSSR count). The fourth-order valence-electron chi connectivity index (χ4n) is 9.05. The van der Waals surface area contributed by atoms with E-state index in [-0.39, 0.29) is 59.0 Å². The minimum absolute atomic E-state index is 0.122. The lowest BCUT2D eigenvalue weighted by Gasteiger charge is -2.64. The monoisotopic (exact) mass is 508 g/mol. The Bertz CT molecular complexity index is 917. The van der Waals surface area contributed by atoms with E-state index in [9.17, 15) is 19.2 Å². The van der Waals surface area contributed by atoms with Gasteiger partial charge in [0.25, 0.3) is 0 Å². The SMILES string of the molecule is CCC(=O)O[C@@]12CC[C@H]3[C@@H]4C[C@H](C)[C@](OC(=O)CC)(C(=O)CCl)[C@@]4(C)CC[C@@H]3[C@@]1(C)CCC(=O)C2. The van der Waals surface area contributed by atoms with Crippen LogP contribution >= 0.6 is 11.6 Å². The molecule has 8 atom stereocenters. The predicted octanol–water partition coefficient (Wildman–Crippen LogP) is 5.42. The first-order valence-corrected chi connectivity index (χ1v) is 14.0. The summed E-state index contributed by atoms with van der Waals surface area (Å²) in [7, 11) is 0. The molecule has 0 heterocycles. The topological polar surface area (TPSA) is 86.7 Å². The lowest BCUT2D eigenvalue weighted by molar-refractivity contribution is -0.231. The van der Waals surface area contributed by atoms with E-state index in [0.717, 1.165) is 32.1 Å². The number of ether oxygens (including phenoxy) is 2. The molecule has 0 saturated heterocycles. The number of rotatable bonds is 6. The van der Waals surface area contributed by atoms with E-state index in [1.165, 1.54) is 0 Å². The van der Waals surface area contributed by atoms with E-state index >= 15 is 0 Å². The molecule has 196 valence electrons. The number of fused-ring (bicyclic) bond motifs is 5. The van der Waals surface area contributed by atoms with Crippen LogP contribution in [0.25, 0.3) is 0 Å². The molecule has 6 nitrogen and oxygen atoms in total. The average molecular weight is 509 g/mol. The zero-order valence-electron chi connectivity index (χ0n) is 21.9. The van der Waals surface area contributed by atoms with Crippen LogP contribution in [0.15, 0.2) is 0 Å². The van der Waals surface area contributed by atoms with E-state index in [4.69, 9.17) is 21.1 Å². The largest absolute Gasteiger partial charge is 0.458 e. The third kappa shape index (κ3) is 3.63. The Balaban J connectivity index is 1.74. The van der Waals surface area contributed by atoms with Gasteiger partial charge >= 0.3 is 11.9 Å². The molecular formula is C28H41ClO6. The van der Waals surface area contributed by atoms with E-state index < -0.39 is 16.6 Å². The van der Waals surface area contributed by atoms with E-state index in [2.05, 4.69) is 13.8 Å². The standard InChI is InChI=1S/C28H41ClO6/c1-6-23(32)34-27-13-9-19-20(25(27,4)11-8-18(30)15-27)10-12-26(5)21(19)14-17(3)28(26,22(31)16-29)35-24(33)7-2/h17,19-21H,6-16H2,1-5H3/t17-,19+,20-,21-,25+,26-,27+,28-/m0/s1. The second kappa shape index (κ2) is 9.15. The number of hydrogen-bond acceptors (Lipinski definition) is 6. The van der Waals surface area contributed by atoms with Crippen LogP contribution in [0.4, 0.5) is 0 Å². The van der Waals surface area contributed by atoms with Gasteiger partial charge in [-0.1, -0.05) is 34.6 Å². The molecule has 0 aliphatic heterocycles. The third-order valence-corrected chi connectivity index (χ3v) is 11.1. The van der Waals surface area contributed by atoms with Gasteiger partial charge in [0.2, 0.25) is 0 Å². The number of carbonyl (C=O) groups is 4. The maximum Gasteiger partial charge on any atom is 0.306 e. The number of halogens is 1. The van der Waals surface area contributed by atoms with Crippen molar-refractivity contribution in [3.8, 4) is 0 Å². The zero-order chi connectivity index (χ0) is 25.8. The maximum absolute atomic E-state index is 13.4. The molecule has 7 heteroatoms. The third-order valence-electron chi connectivity index (χ3n) is 10.8. The zero-order valence-corrected chi connectivity index (χ0v) is 22.7. The maximum atomic E-state index is 13.4. The number of ketones is 2. The second-order valence-corrected chi connectivity index (χ2v) is 12.4. The van der Waals surface area contributed by atoms with Gasteiger partial charge in [-0.25, -0.2) is 0 Å². The normalized spacial score (nSPS) is 44.6. The lowest BCUT2D eigenvalue weighted by atomic mass is 9.43. The second-order valence-electron chi connectivity index (χ2n) is 12.1. The Morgan fingerprint density at radius 2 is 1.60 bits per heavy atom. The summed E-state index contributed by atoms with van der Waals surface area (Å²) in [6, 6.07) is 0. The van der Waals surface area contributed by atoms with Gasteiger partial charge in [-0.05, 0) is 56.3 Å². The Morgan fingerprint density at radius 3 is 2.23 bits per heavy atom. The molecule has 0 aromatic rings. The first-order chi connectivity index (χ1) is 16.4. The van der Waals surface area contributed by atoms with Gasteiger partial charge in [0.15, 0.2) is 11.4 Å². The average Bonchev–Trinajstić information content (AvgIpc) is 3.06. The van der Waals surface area contributed by atoms with Gasteiger partial charge in [-0.2, -0.15) is 0 Å². The smallest absolute Gasteiger partial charge is 0.306 e. The summed E-state index contributed by atoms with van der Waals surface area (Å²) in [5.41, 5.74) is -2.73. The summed E-state index contributed by atoms with van der Waals surface area (Å²) < 4.78 is 12.3. The minimum atomic E-state index is -1.20. The molecule has 35 heavy (non-hydrogen) atoms. The van der Waals surface area contributed by atoms with Crippen molar-refractivity contribution in [2.24, 2.45) is 34.5 Å². The molecule has 4 aliphatic rings. The Labute approximate surface area is 214 Å². The molecule has 0 N–H and O–H groups in total. The van der Waals surface area contributed by atoms with Gasteiger partial charge < -0.3 is 9.47 Å². The summed E-state index contributed by atoms with van der Waals surface area (Å²) in [5.74, 6) is -0.106. The molecule has 0 amide bonds. The fraction of sp³-hybridized carbons (Fsp3) is 0.857. The molecular weight excluding hydrogens is 468 g/mol. The molecule has 0 unspecified atom stereocenters. The quantitative estimate of drug-likeness (QED) is 0.351. The number of esters is 2. The van der Waals surface area contributed by atoms with Crippen LogP contribution in [0.5, 0.6) is 0 Å². The molecule has 0 aromatic carbocycles. The molecule has 4 fully saturated rings. The predicted molar refractivity (Wildman–Crippen MR) is 132 cm³/mol. The van der Waals surface area contributed by atoms with Crippen LogP contribution in [-0.4, -0.2) is 40.6 Å². The summed E-state index contributed by atoms with van der Waals surface area (Å²) in [6.07, 6.45) is 5.95. The minimum Gasteiger partial charge on any atom is -0.458 e. The van der Waals surface area contributed by atoms with Crippen molar-refractivity contribution in [2.75, 3.05) is 5.88 Å². The Kier molecular flexibility index (Phi) is 6.96. The highest BCUT2D eigenvalue weighted by atomic mass is 35.5. The first kappa shape index (κ1) is 26.6. The summed E-state index contributed by atoms with van der Waals surface area (Å²) in [5, 5.41) is 0. The van der Waals surface area contributed by atoms with Crippen LogP contribution in [0.3, 0.4) is 0 Å². The number of carbonyl (C=O) groups excluding carboxylic acids is 4. The Morgan fingerprint density at radius 1 is 0.943 bits per heavy atom. The molecule has 0 spiro atoms. The van der Waals surface area contributed by atoms with E-state index in [1.807, 2.05) is 6.92 Å². The van der Waals surface area contributed by atoms with E-state index in [0.29, 0.717) is 31.6 Å². The molecule has 0 bridgehead atoms. The van der Waals surface area contributed by atoms with Gasteiger partial charge in [-0.15, -0.1) is 11.6 Å². The Hall–Kier alpha value is -1.43. The molecule has 0 radical (unpaired) electrons. The lowest BCUT2D eigenvalue weighted by Crippen LogP contribution is -2.66. The fourth-order valence-corrected chi connectivity index (χ4v) is 9.25. The van der Waals surface area contributed by atoms with Crippen LogP contribution < -0.4 is 0 Å². The van der Waals surface area contributed by atoms with Crippen LogP contribution in [0.1, 0.15) is 98.8 Å². The van der Waals surface area contributed by atoms with Gasteiger partial charge in [-0.3, -0.25) is 19.2 Å². The molecule has 4 aliphatic carbocycles. The van der Waals surface area contributed by atoms with Crippen LogP contribution in [0.2, 0.25) is 0 Å². The van der Waals surface area contributed by atoms with Gasteiger partial charge in [0.05, 0.1) is 5.88 Å². The highest BCUT2D eigenvalue weighted by Gasteiger charge is 2.73. The van der Waals surface area contributed by atoms with Crippen molar-refractivity contribution in [3.05, 3.63) is 0 Å². The van der Waals surface area contributed by atoms with Crippen molar-refractivity contribution in [2.45, 2.75) is 110 Å². The van der Waals surface area contributed by atoms with Crippen molar-refractivity contribution in [1.82, 2.24) is 0 Å². The van der Waals surface area contributed by atoms with Crippen molar-refractivity contribution in [1.29, 1.82) is 0 Å². The first-order valence-electron chi connectivity index (χ1n) is 13.5. The van der Waals surface area contributed by atoms with Crippen LogP contribution in [-0.2, 0) is 28.7 Å². The van der Waals surface area contributed by atoms with Gasteiger partial charge in [0.1, 0.15) is 11.4 Å². The summed E-state index contributed by atoms with van der Waals surface area (Å²) >= 11 is 6.13. The van der Waals surface area contributed by atoms with Crippen molar-refractivity contribution >= 4 is 35.1 Å². The van der Waals surface area contributed by atoms with E-state index in [1.54, 1.807) is 13.8 Å². The summed E-state index contributed by atoms with van der Waals surface area (Å²) in [4.78, 5) is 51.1. The van der Waals surface area contributed by atoms with Crippen molar-refractivity contribution < 1.29 is 28.7 Å². The molecule has 4 saturated carbocycles.